The zero-order chi connectivity index (χ0) is 15.4. The van der Waals surface area contributed by atoms with E-state index in [9.17, 15) is 26.0 Å². The Kier molecular flexibility index (Phi) is 5.35. The van der Waals surface area contributed by atoms with Gasteiger partial charge in [0.25, 0.3) is 0 Å². The lowest BCUT2D eigenvalue weighted by molar-refractivity contribution is -0.134. The zero-order valence-electron chi connectivity index (χ0n) is 10.4. The van der Waals surface area contributed by atoms with Crippen LogP contribution in [0.25, 0.3) is 0 Å². The van der Waals surface area contributed by atoms with Gasteiger partial charge in [-0.25, -0.2) is 12.8 Å². The van der Waals surface area contributed by atoms with Crippen molar-refractivity contribution in [2.75, 3.05) is 10.5 Å². The van der Waals surface area contributed by atoms with E-state index in [0.29, 0.717) is 5.56 Å². The second kappa shape index (κ2) is 6.40. The minimum atomic E-state index is -4.41. The first kappa shape index (κ1) is 16.7. The van der Waals surface area contributed by atoms with Crippen molar-refractivity contribution in [3.05, 3.63) is 29.6 Å². The molecule has 1 aromatic rings. The van der Waals surface area contributed by atoms with E-state index < -0.39 is 40.6 Å². The summed E-state index contributed by atoms with van der Waals surface area (Å²) in [5.41, 5.74) is 5.45. The van der Waals surface area contributed by atoms with E-state index in [2.05, 4.69) is 0 Å². The molecule has 3 N–H and O–H groups in total. The maximum absolute atomic E-state index is 13.5. The van der Waals surface area contributed by atoms with Gasteiger partial charge in [-0.2, -0.15) is 13.2 Å². The number of hydrogen-bond acceptors (Lipinski definition) is 3. The largest absolute Gasteiger partial charge is 0.389 e. The fourth-order valence-corrected chi connectivity index (χ4v) is 2.58. The summed E-state index contributed by atoms with van der Waals surface area (Å²) < 4.78 is 74.2. The highest BCUT2D eigenvalue weighted by molar-refractivity contribution is 7.92. The van der Waals surface area contributed by atoms with Crippen LogP contribution < -0.4 is 10.5 Å². The molecule has 1 aromatic carbocycles. The summed E-state index contributed by atoms with van der Waals surface area (Å²) in [5.74, 6) is -1.56. The molecule has 4 nitrogen and oxygen atoms in total. The average molecular weight is 314 g/mol. The Morgan fingerprint density at radius 1 is 1.25 bits per heavy atom. The molecule has 0 radical (unpaired) electrons. The third-order valence-corrected chi connectivity index (χ3v) is 3.77. The molecule has 0 aromatic heterocycles. The van der Waals surface area contributed by atoms with Crippen molar-refractivity contribution in [2.45, 2.75) is 25.6 Å². The highest BCUT2D eigenvalue weighted by Crippen LogP contribution is 2.22. The molecule has 0 atom stereocenters. The number of halogens is 4. The van der Waals surface area contributed by atoms with Gasteiger partial charge in [0.05, 0.1) is 11.4 Å². The van der Waals surface area contributed by atoms with E-state index in [1.54, 1.807) is 0 Å². The lowest BCUT2D eigenvalue weighted by atomic mass is 10.2. The Labute approximate surface area is 114 Å². The van der Waals surface area contributed by atoms with Crippen LogP contribution in [0.3, 0.4) is 0 Å². The summed E-state index contributed by atoms with van der Waals surface area (Å²) in [4.78, 5) is 0. The topological polar surface area (TPSA) is 72.2 Å². The number of anilines is 1. The first-order valence-corrected chi connectivity index (χ1v) is 7.34. The molecule has 20 heavy (non-hydrogen) atoms. The Bertz CT molecular complexity index is 558. The molecule has 0 aliphatic carbocycles. The van der Waals surface area contributed by atoms with Crippen LogP contribution in [0.1, 0.15) is 18.4 Å². The van der Waals surface area contributed by atoms with Crippen molar-refractivity contribution >= 4 is 15.7 Å². The zero-order valence-corrected chi connectivity index (χ0v) is 11.2. The summed E-state index contributed by atoms with van der Waals surface area (Å²) >= 11 is 0. The molecule has 0 unspecified atom stereocenters. The minimum absolute atomic E-state index is 0.0928. The number of nitrogens with two attached hydrogens (primary N) is 1. The smallest absolute Gasteiger partial charge is 0.326 e. The summed E-state index contributed by atoms with van der Waals surface area (Å²) in [6.07, 6.45) is -6.20. The molecule has 0 saturated carbocycles. The predicted octanol–water partition coefficient (Wildman–Crippen LogP) is 2.37. The first-order valence-electron chi connectivity index (χ1n) is 5.69. The van der Waals surface area contributed by atoms with Crippen molar-refractivity contribution in [3.8, 4) is 0 Å². The van der Waals surface area contributed by atoms with Crippen molar-refractivity contribution in [1.29, 1.82) is 0 Å². The van der Waals surface area contributed by atoms with Gasteiger partial charge in [0, 0.05) is 13.0 Å². The van der Waals surface area contributed by atoms with E-state index >= 15 is 0 Å². The molecular formula is C11H14F4N2O2S. The van der Waals surface area contributed by atoms with E-state index in [0.717, 1.165) is 6.07 Å². The van der Waals surface area contributed by atoms with Crippen LogP contribution in [0.2, 0.25) is 0 Å². The van der Waals surface area contributed by atoms with Crippen molar-refractivity contribution in [1.82, 2.24) is 0 Å². The third-order valence-electron chi connectivity index (χ3n) is 2.41. The van der Waals surface area contributed by atoms with Crippen LogP contribution in [0, 0.1) is 5.82 Å². The Balaban J connectivity index is 2.67. The third kappa shape index (κ3) is 5.74. The molecule has 0 spiro atoms. The van der Waals surface area contributed by atoms with Crippen LogP contribution in [-0.4, -0.2) is 20.3 Å². The Morgan fingerprint density at radius 3 is 2.40 bits per heavy atom. The molecule has 0 amide bonds. The van der Waals surface area contributed by atoms with Crippen molar-refractivity contribution in [2.24, 2.45) is 5.73 Å². The van der Waals surface area contributed by atoms with E-state index in [4.69, 9.17) is 5.73 Å². The van der Waals surface area contributed by atoms with Gasteiger partial charge in [-0.1, -0.05) is 6.07 Å². The van der Waals surface area contributed by atoms with E-state index in [-0.39, 0.29) is 12.2 Å². The van der Waals surface area contributed by atoms with Gasteiger partial charge in [0.2, 0.25) is 10.0 Å². The van der Waals surface area contributed by atoms with Gasteiger partial charge in [0.1, 0.15) is 5.82 Å². The lowest BCUT2D eigenvalue weighted by Crippen LogP contribution is -2.19. The predicted molar refractivity (Wildman–Crippen MR) is 67.0 cm³/mol. The highest BCUT2D eigenvalue weighted by atomic mass is 32.2. The maximum Gasteiger partial charge on any atom is 0.389 e. The maximum atomic E-state index is 13.5. The molecule has 9 heteroatoms. The minimum Gasteiger partial charge on any atom is -0.326 e. The van der Waals surface area contributed by atoms with Crippen LogP contribution in [-0.2, 0) is 16.6 Å². The Morgan fingerprint density at radius 2 is 1.90 bits per heavy atom. The normalized spacial score (nSPS) is 12.4. The van der Waals surface area contributed by atoms with Crippen molar-refractivity contribution < 1.29 is 26.0 Å². The fraction of sp³-hybridized carbons (Fsp3) is 0.455. The number of nitrogens with one attached hydrogen (secondary N) is 1. The standard InChI is InChI=1S/C11H14F4N2O2S/c12-9-6-8(7-16)2-3-10(9)17-20(18,19)5-1-4-11(13,14)15/h2-3,6,17H,1,4-5,7,16H2. The van der Waals surface area contributed by atoms with Crippen LogP contribution >= 0.6 is 0 Å². The molecule has 0 bridgehead atoms. The fourth-order valence-electron chi connectivity index (χ4n) is 1.45. The number of rotatable bonds is 6. The average Bonchev–Trinajstić information content (AvgIpc) is 2.29. The first-order chi connectivity index (χ1) is 9.13. The molecule has 1 rings (SSSR count). The van der Waals surface area contributed by atoms with Crippen LogP contribution in [0.15, 0.2) is 18.2 Å². The molecule has 0 fully saturated rings. The second-order valence-electron chi connectivity index (χ2n) is 4.16. The van der Waals surface area contributed by atoms with Gasteiger partial charge >= 0.3 is 6.18 Å². The molecular weight excluding hydrogens is 300 g/mol. The molecule has 0 aliphatic heterocycles. The molecule has 114 valence electrons. The Hall–Kier alpha value is -1.35. The monoisotopic (exact) mass is 314 g/mol. The summed E-state index contributed by atoms with van der Waals surface area (Å²) in [5, 5.41) is 0. The van der Waals surface area contributed by atoms with Gasteiger partial charge in [-0.3, -0.25) is 4.72 Å². The quantitative estimate of drug-likeness (QED) is 0.792. The number of sulfonamides is 1. The SMILES string of the molecule is NCc1ccc(NS(=O)(=O)CCCC(F)(F)F)c(F)c1. The summed E-state index contributed by atoms with van der Waals surface area (Å²) in [6.45, 7) is 0.0928. The molecule has 0 heterocycles. The van der Waals surface area contributed by atoms with E-state index in [1.807, 2.05) is 4.72 Å². The molecule has 0 saturated heterocycles. The van der Waals surface area contributed by atoms with Gasteiger partial charge < -0.3 is 5.73 Å². The van der Waals surface area contributed by atoms with Crippen LogP contribution in [0.5, 0.6) is 0 Å². The van der Waals surface area contributed by atoms with Crippen molar-refractivity contribution in [3.63, 3.8) is 0 Å². The lowest BCUT2D eigenvalue weighted by Gasteiger charge is -2.10. The number of hydrogen-bond donors (Lipinski definition) is 2. The van der Waals surface area contributed by atoms with E-state index in [1.165, 1.54) is 12.1 Å². The van der Waals surface area contributed by atoms with Crippen LogP contribution in [0.4, 0.5) is 23.2 Å². The van der Waals surface area contributed by atoms with Gasteiger partial charge in [-0.05, 0) is 24.1 Å². The number of alkyl halides is 3. The highest BCUT2D eigenvalue weighted by Gasteiger charge is 2.27. The van der Waals surface area contributed by atoms with Gasteiger partial charge in [0.15, 0.2) is 0 Å². The summed E-state index contributed by atoms with van der Waals surface area (Å²) in [7, 11) is -4.02. The molecule has 0 aliphatic rings. The summed E-state index contributed by atoms with van der Waals surface area (Å²) in [6, 6.07) is 3.67. The number of benzene rings is 1. The van der Waals surface area contributed by atoms with Gasteiger partial charge in [-0.15, -0.1) is 0 Å². The second-order valence-corrected chi connectivity index (χ2v) is 6.00.